The fourth-order valence-corrected chi connectivity index (χ4v) is 2.23. The minimum Gasteiger partial charge on any atom is -0.494 e. The van der Waals surface area contributed by atoms with E-state index in [0.29, 0.717) is 0 Å². The van der Waals surface area contributed by atoms with Crippen molar-refractivity contribution in [2.75, 3.05) is 0 Å². The molecule has 0 bridgehead atoms. The van der Waals surface area contributed by atoms with Crippen LogP contribution in [0.1, 0.15) is 11.1 Å². The van der Waals surface area contributed by atoms with Gasteiger partial charge < -0.3 is 15.1 Å². The van der Waals surface area contributed by atoms with Gasteiger partial charge in [0.2, 0.25) is 5.88 Å². The number of aromatic nitrogens is 3. The Morgan fingerprint density at radius 2 is 1.95 bits per heavy atom. The van der Waals surface area contributed by atoms with Crippen molar-refractivity contribution < 1.29 is 5.11 Å². The van der Waals surface area contributed by atoms with Gasteiger partial charge >= 0.3 is 0 Å². The van der Waals surface area contributed by atoms with Gasteiger partial charge in [-0.3, -0.25) is 9.78 Å². The van der Waals surface area contributed by atoms with E-state index in [9.17, 15) is 9.90 Å². The van der Waals surface area contributed by atoms with Gasteiger partial charge in [0.05, 0.1) is 5.56 Å². The molecule has 5 nitrogen and oxygen atoms in total. The monoisotopic (exact) mass is 285 g/mol. The van der Waals surface area contributed by atoms with E-state index in [1.807, 2.05) is 30.5 Å². The van der Waals surface area contributed by atoms with E-state index in [1.165, 1.54) is 0 Å². The molecule has 0 unspecified atom stereocenters. The summed E-state index contributed by atoms with van der Waals surface area (Å²) in [5.74, 6) is -0.241. The van der Waals surface area contributed by atoms with Crippen molar-refractivity contribution in [3.8, 4) is 5.88 Å². The zero-order valence-corrected chi connectivity index (χ0v) is 11.1. The third-order valence-electron chi connectivity index (χ3n) is 3.01. The highest BCUT2D eigenvalue weighted by Gasteiger charge is 2.04. The van der Waals surface area contributed by atoms with Crippen LogP contribution in [0.5, 0.6) is 5.88 Å². The summed E-state index contributed by atoms with van der Waals surface area (Å²) < 4.78 is 0.0942. The number of aromatic hydroxyl groups is 1. The molecule has 0 saturated carbocycles. The predicted molar refractivity (Wildman–Crippen MR) is 81.1 cm³/mol. The lowest BCUT2D eigenvalue weighted by atomic mass is 10.1. The number of aromatic amines is 3. The molecule has 0 saturated heterocycles. The van der Waals surface area contributed by atoms with Crippen molar-refractivity contribution in [1.29, 1.82) is 0 Å². The summed E-state index contributed by atoms with van der Waals surface area (Å²) >= 11 is 4.77. The van der Waals surface area contributed by atoms with Gasteiger partial charge in [-0.2, -0.15) is 0 Å². The van der Waals surface area contributed by atoms with Gasteiger partial charge in [0.25, 0.3) is 5.56 Å². The number of rotatable bonds is 2. The molecule has 0 spiro atoms. The predicted octanol–water partition coefficient (Wildman–Crippen LogP) is 2.79. The van der Waals surface area contributed by atoms with Crippen LogP contribution in [-0.2, 0) is 0 Å². The first-order valence-corrected chi connectivity index (χ1v) is 6.36. The fraction of sp³-hybridized carbons (Fsp3) is 0. The van der Waals surface area contributed by atoms with E-state index < -0.39 is 5.56 Å². The molecule has 0 fully saturated rings. The van der Waals surface area contributed by atoms with E-state index in [1.54, 1.807) is 12.2 Å². The van der Waals surface area contributed by atoms with Crippen LogP contribution < -0.4 is 5.56 Å². The lowest BCUT2D eigenvalue weighted by Crippen LogP contribution is -2.10. The van der Waals surface area contributed by atoms with Crippen LogP contribution in [0.15, 0.2) is 35.3 Å². The van der Waals surface area contributed by atoms with Crippen LogP contribution in [-0.4, -0.2) is 20.1 Å². The van der Waals surface area contributed by atoms with Gasteiger partial charge in [-0.05, 0) is 29.9 Å². The van der Waals surface area contributed by atoms with Crippen LogP contribution in [0.4, 0.5) is 0 Å². The molecule has 3 aromatic rings. The van der Waals surface area contributed by atoms with Crippen molar-refractivity contribution in [2.45, 2.75) is 0 Å². The van der Waals surface area contributed by atoms with Crippen molar-refractivity contribution in [3.63, 3.8) is 0 Å². The smallest absolute Gasteiger partial charge is 0.262 e. The molecule has 0 aliphatic rings. The first-order valence-electron chi connectivity index (χ1n) is 5.95. The van der Waals surface area contributed by atoms with Crippen LogP contribution in [0.25, 0.3) is 23.1 Å². The first-order chi connectivity index (χ1) is 9.65. The minimum absolute atomic E-state index is 0.0942. The van der Waals surface area contributed by atoms with Gasteiger partial charge in [-0.1, -0.05) is 24.3 Å². The molecule has 3 rings (SSSR count). The zero-order valence-electron chi connectivity index (χ0n) is 10.3. The fourth-order valence-electron chi connectivity index (χ4n) is 2.04. The Bertz CT molecular complexity index is 918. The van der Waals surface area contributed by atoms with E-state index >= 15 is 0 Å². The number of hydrogen-bond donors (Lipinski definition) is 4. The van der Waals surface area contributed by atoms with E-state index in [-0.39, 0.29) is 16.2 Å². The first kappa shape index (κ1) is 12.4. The van der Waals surface area contributed by atoms with E-state index in [4.69, 9.17) is 12.2 Å². The number of benzene rings is 1. The van der Waals surface area contributed by atoms with E-state index in [0.717, 1.165) is 16.5 Å². The minimum atomic E-state index is -0.428. The van der Waals surface area contributed by atoms with Crippen molar-refractivity contribution >= 4 is 35.3 Å². The maximum absolute atomic E-state index is 11.7. The van der Waals surface area contributed by atoms with Gasteiger partial charge in [0.1, 0.15) is 0 Å². The highest BCUT2D eigenvalue weighted by Crippen LogP contribution is 2.20. The molecule has 2 heterocycles. The zero-order chi connectivity index (χ0) is 14.1. The third kappa shape index (κ3) is 2.17. The largest absolute Gasteiger partial charge is 0.494 e. The van der Waals surface area contributed by atoms with Crippen molar-refractivity contribution in [1.82, 2.24) is 15.0 Å². The summed E-state index contributed by atoms with van der Waals surface area (Å²) in [4.78, 5) is 19.8. The molecule has 0 atom stereocenters. The molecule has 6 heteroatoms. The summed E-state index contributed by atoms with van der Waals surface area (Å²) in [6.07, 6.45) is 5.16. The van der Waals surface area contributed by atoms with Gasteiger partial charge in [0.15, 0.2) is 4.77 Å². The summed E-state index contributed by atoms with van der Waals surface area (Å²) in [5.41, 5.74) is 1.66. The maximum atomic E-state index is 11.7. The quantitative estimate of drug-likeness (QED) is 0.546. The molecule has 20 heavy (non-hydrogen) atoms. The van der Waals surface area contributed by atoms with Crippen molar-refractivity contribution in [2.24, 2.45) is 0 Å². The number of H-pyrrole nitrogens is 3. The number of hydrogen-bond acceptors (Lipinski definition) is 3. The second kappa shape index (κ2) is 4.82. The Hall–Kier alpha value is -2.60. The standard InChI is InChI=1S/C14H11N3O2S/c18-12-10(13(19)17-14(20)16-12)6-5-8-7-15-11-4-2-1-3-9(8)11/h1-7,15H,(H3,16,17,18,19,20)/b6-5+. The average Bonchev–Trinajstić information content (AvgIpc) is 2.81. The van der Waals surface area contributed by atoms with Crippen molar-refractivity contribution in [3.05, 3.63) is 56.7 Å². The number of nitrogens with one attached hydrogen (secondary N) is 3. The Labute approximate surface area is 118 Å². The lowest BCUT2D eigenvalue weighted by Gasteiger charge is -1.97. The molecule has 0 aliphatic heterocycles. The summed E-state index contributed by atoms with van der Waals surface area (Å²) in [6.45, 7) is 0. The van der Waals surface area contributed by atoms with Crippen LogP contribution in [0.3, 0.4) is 0 Å². The molecule has 0 radical (unpaired) electrons. The van der Waals surface area contributed by atoms with Crippen LogP contribution in [0.2, 0.25) is 0 Å². The van der Waals surface area contributed by atoms with Crippen LogP contribution in [0, 0.1) is 4.77 Å². The molecule has 2 aromatic heterocycles. The molecule has 100 valence electrons. The summed E-state index contributed by atoms with van der Waals surface area (Å²) in [6, 6.07) is 7.84. The number of para-hydroxylation sites is 1. The highest BCUT2D eigenvalue weighted by atomic mass is 32.1. The Morgan fingerprint density at radius 3 is 2.75 bits per heavy atom. The Balaban J connectivity index is 2.07. The highest BCUT2D eigenvalue weighted by molar-refractivity contribution is 7.71. The molecular weight excluding hydrogens is 274 g/mol. The SMILES string of the molecule is O=c1[nH]c(=S)[nH]c(O)c1/C=C/c1c[nH]c2ccccc12. The van der Waals surface area contributed by atoms with Gasteiger partial charge in [0, 0.05) is 17.1 Å². The molecule has 0 amide bonds. The average molecular weight is 285 g/mol. The second-order valence-electron chi connectivity index (χ2n) is 4.29. The molecular formula is C14H11N3O2S. The molecule has 4 N–H and O–H groups in total. The topological polar surface area (TPSA) is 84.7 Å². The Kier molecular flexibility index (Phi) is 3.00. The summed E-state index contributed by atoms with van der Waals surface area (Å²) in [5, 5.41) is 10.8. The molecule has 0 aliphatic carbocycles. The summed E-state index contributed by atoms with van der Waals surface area (Å²) in [7, 11) is 0. The van der Waals surface area contributed by atoms with Crippen LogP contribution >= 0.6 is 12.2 Å². The maximum Gasteiger partial charge on any atom is 0.262 e. The number of fused-ring (bicyclic) bond motifs is 1. The molecule has 1 aromatic carbocycles. The lowest BCUT2D eigenvalue weighted by molar-refractivity contribution is 0.448. The third-order valence-corrected chi connectivity index (χ3v) is 3.21. The normalized spacial score (nSPS) is 11.4. The second-order valence-corrected chi connectivity index (χ2v) is 4.70. The van der Waals surface area contributed by atoms with E-state index in [2.05, 4.69) is 15.0 Å². The Morgan fingerprint density at radius 1 is 1.15 bits per heavy atom. The van der Waals surface area contributed by atoms with Gasteiger partial charge in [-0.25, -0.2) is 0 Å². The van der Waals surface area contributed by atoms with Gasteiger partial charge in [-0.15, -0.1) is 0 Å².